The fourth-order valence-electron chi connectivity index (χ4n) is 5.37. The highest BCUT2D eigenvalue weighted by molar-refractivity contribution is 5.87. The van der Waals surface area contributed by atoms with Crippen molar-refractivity contribution in [3.8, 4) is 0 Å². The zero-order valence-corrected chi connectivity index (χ0v) is 20.8. The molecule has 2 bridgehead atoms. The molecule has 31 heavy (non-hydrogen) atoms. The minimum absolute atomic E-state index is 0.0880. The van der Waals surface area contributed by atoms with Crippen molar-refractivity contribution in [2.75, 3.05) is 26.2 Å². The van der Waals surface area contributed by atoms with E-state index in [0.717, 1.165) is 90.4 Å². The number of hydrogen-bond acceptors (Lipinski definition) is 2. The van der Waals surface area contributed by atoms with Crippen LogP contribution in [-0.2, 0) is 9.59 Å². The van der Waals surface area contributed by atoms with Gasteiger partial charge in [-0.15, -0.1) is 0 Å². The lowest BCUT2D eigenvalue weighted by Crippen LogP contribution is -2.46. The molecule has 3 unspecified atom stereocenters. The monoisotopic (exact) mass is 432 g/mol. The van der Waals surface area contributed by atoms with E-state index >= 15 is 0 Å². The van der Waals surface area contributed by atoms with E-state index in [4.69, 9.17) is 0 Å². The van der Waals surface area contributed by atoms with Gasteiger partial charge in [0.2, 0.25) is 11.8 Å². The van der Waals surface area contributed by atoms with Crippen LogP contribution in [-0.4, -0.2) is 47.8 Å². The van der Waals surface area contributed by atoms with E-state index in [0.29, 0.717) is 12.3 Å². The summed E-state index contributed by atoms with van der Waals surface area (Å²) in [6.07, 6.45) is 16.9. The highest BCUT2D eigenvalue weighted by Crippen LogP contribution is 2.55. The van der Waals surface area contributed by atoms with Gasteiger partial charge in [0, 0.05) is 38.0 Å². The van der Waals surface area contributed by atoms with Gasteiger partial charge in [-0.05, 0) is 50.9 Å². The Labute approximate surface area is 191 Å². The largest absolute Gasteiger partial charge is 0.343 e. The van der Waals surface area contributed by atoms with Gasteiger partial charge in [-0.3, -0.25) is 9.59 Å². The Kier molecular flexibility index (Phi) is 11.1. The van der Waals surface area contributed by atoms with Crippen LogP contribution in [0.15, 0.2) is 12.2 Å². The molecule has 4 nitrogen and oxygen atoms in total. The topological polar surface area (TPSA) is 40.6 Å². The normalized spacial score (nSPS) is 22.6. The summed E-state index contributed by atoms with van der Waals surface area (Å²) in [7, 11) is 0. The van der Waals surface area contributed by atoms with E-state index in [9.17, 15) is 9.59 Å². The van der Waals surface area contributed by atoms with E-state index in [1.54, 1.807) is 0 Å². The summed E-state index contributed by atoms with van der Waals surface area (Å²) in [5.74, 6) is 0.863. The van der Waals surface area contributed by atoms with Crippen molar-refractivity contribution >= 4 is 11.8 Å². The van der Waals surface area contributed by atoms with Crippen LogP contribution in [0.5, 0.6) is 0 Å². The van der Waals surface area contributed by atoms with Crippen LogP contribution in [0.2, 0.25) is 0 Å². The number of fused-ring (bicyclic) bond motifs is 2. The lowest BCUT2D eigenvalue weighted by atomic mass is 9.72. The second kappa shape index (κ2) is 13.3. The number of hydrogen-bond donors (Lipinski definition) is 0. The average Bonchev–Trinajstić information content (AvgIpc) is 3.39. The predicted molar refractivity (Wildman–Crippen MR) is 130 cm³/mol. The smallest absolute Gasteiger partial charge is 0.227 e. The van der Waals surface area contributed by atoms with Gasteiger partial charge in [0.05, 0.1) is 5.92 Å². The van der Waals surface area contributed by atoms with Crippen molar-refractivity contribution in [1.82, 2.24) is 9.80 Å². The van der Waals surface area contributed by atoms with E-state index in [1.165, 1.54) is 6.42 Å². The van der Waals surface area contributed by atoms with Crippen LogP contribution >= 0.6 is 0 Å². The van der Waals surface area contributed by atoms with Crippen LogP contribution < -0.4 is 0 Å². The van der Waals surface area contributed by atoms with Crippen molar-refractivity contribution < 1.29 is 9.59 Å². The Hall–Kier alpha value is -1.32. The van der Waals surface area contributed by atoms with Crippen LogP contribution in [0.1, 0.15) is 105 Å². The quantitative estimate of drug-likeness (QED) is 0.272. The van der Waals surface area contributed by atoms with Crippen molar-refractivity contribution in [1.29, 1.82) is 0 Å². The number of unbranched alkanes of at least 4 members (excludes halogenated alkanes) is 4. The van der Waals surface area contributed by atoms with Crippen LogP contribution in [0.4, 0.5) is 0 Å². The zero-order valence-electron chi connectivity index (χ0n) is 20.8. The maximum atomic E-state index is 13.9. The first-order valence-corrected chi connectivity index (χ1v) is 13.3. The molecule has 0 aromatic heterocycles. The molecule has 2 amide bonds. The first kappa shape index (κ1) is 25.9. The summed E-state index contributed by atoms with van der Waals surface area (Å²) >= 11 is 0. The lowest BCUT2D eigenvalue weighted by Gasteiger charge is -2.37. The Bertz CT molecular complexity index is 572. The molecule has 1 saturated carbocycles. The number of amides is 2. The molecule has 0 aromatic carbocycles. The van der Waals surface area contributed by atoms with Crippen LogP contribution in [0.25, 0.3) is 0 Å². The van der Waals surface area contributed by atoms with Crippen molar-refractivity contribution in [3.63, 3.8) is 0 Å². The summed E-state index contributed by atoms with van der Waals surface area (Å²) < 4.78 is 0. The molecule has 0 N–H and O–H groups in total. The highest BCUT2D eigenvalue weighted by Gasteiger charge is 2.50. The third-order valence-corrected chi connectivity index (χ3v) is 7.48. The molecular weight excluding hydrogens is 384 g/mol. The zero-order chi connectivity index (χ0) is 22.7. The first-order chi connectivity index (χ1) is 15.0. The van der Waals surface area contributed by atoms with Gasteiger partial charge in [0.15, 0.2) is 0 Å². The number of carbonyl (C=O) groups is 2. The maximum absolute atomic E-state index is 13.9. The lowest BCUT2D eigenvalue weighted by molar-refractivity contribution is -0.145. The third kappa shape index (κ3) is 7.08. The van der Waals surface area contributed by atoms with Crippen LogP contribution in [0, 0.1) is 17.3 Å². The molecule has 0 aromatic rings. The first-order valence-electron chi connectivity index (χ1n) is 13.3. The molecule has 0 radical (unpaired) electrons. The summed E-state index contributed by atoms with van der Waals surface area (Å²) in [6.45, 7) is 12.0. The molecule has 2 aliphatic carbocycles. The van der Waals surface area contributed by atoms with E-state index < -0.39 is 0 Å². The molecule has 1 fully saturated rings. The molecule has 0 heterocycles. The van der Waals surface area contributed by atoms with Crippen LogP contribution in [0.3, 0.4) is 0 Å². The van der Waals surface area contributed by atoms with Gasteiger partial charge >= 0.3 is 0 Å². The fraction of sp³-hybridized carbons (Fsp3) is 0.852. The van der Waals surface area contributed by atoms with Crippen molar-refractivity contribution in [3.05, 3.63) is 12.2 Å². The molecule has 0 spiro atoms. The summed E-state index contributed by atoms with van der Waals surface area (Å²) in [5, 5.41) is 0. The average molecular weight is 433 g/mol. The summed E-state index contributed by atoms with van der Waals surface area (Å²) in [4.78, 5) is 31.6. The summed E-state index contributed by atoms with van der Waals surface area (Å²) in [6, 6.07) is 0. The number of nitrogens with zero attached hydrogens (tertiary/aromatic N) is 2. The van der Waals surface area contributed by atoms with E-state index in [-0.39, 0.29) is 23.1 Å². The molecule has 0 aliphatic heterocycles. The van der Waals surface area contributed by atoms with Gasteiger partial charge in [-0.2, -0.15) is 0 Å². The summed E-state index contributed by atoms with van der Waals surface area (Å²) in [5.41, 5.74) is -0.0880. The number of allylic oxidation sites excluding steroid dienone is 2. The molecule has 178 valence electrons. The molecule has 2 rings (SSSR count). The van der Waals surface area contributed by atoms with Gasteiger partial charge < -0.3 is 9.80 Å². The minimum atomic E-state index is -0.191. The fourth-order valence-corrected chi connectivity index (χ4v) is 5.37. The van der Waals surface area contributed by atoms with Gasteiger partial charge in [0.1, 0.15) is 0 Å². The second-order valence-electron chi connectivity index (χ2n) is 9.97. The third-order valence-electron chi connectivity index (χ3n) is 7.48. The number of carbonyl (C=O) groups excluding carboxylic acids is 2. The Balaban J connectivity index is 2.22. The molecule has 3 atom stereocenters. The maximum Gasteiger partial charge on any atom is 0.227 e. The SMILES string of the molecule is CCCCN(CCCC)C(=O)CC(C(=O)N(CCCC)CCCC)C12C=CC(CC1)C2. The van der Waals surface area contributed by atoms with E-state index in [1.807, 2.05) is 0 Å². The predicted octanol–water partition coefficient (Wildman–Crippen LogP) is 6.21. The molecular formula is C27H48N2O2. The van der Waals surface area contributed by atoms with E-state index in [2.05, 4.69) is 49.6 Å². The Morgan fingerprint density at radius 2 is 1.39 bits per heavy atom. The second-order valence-corrected chi connectivity index (χ2v) is 9.97. The van der Waals surface area contributed by atoms with Gasteiger partial charge in [-0.25, -0.2) is 0 Å². The number of rotatable bonds is 16. The standard InChI is InChI=1S/C27H48N2O2/c1-5-9-17-28(18-10-6-2)25(30)21-24(27-15-13-23(22-27)14-16-27)26(31)29(19-11-7-3)20-12-8-4/h13,15,23-24H,5-12,14,16-22H2,1-4H3. The molecule has 2 aliphatic rings. The highest BCUT2D eigenvalue weighted by atomic mass is 16.2. The van der Waals surface area contributed by atoms with Gasteiger partial charge in [-0.1, -0.05) is 65.5 Å². The Morgan fingerprint density at radius 1 is 0.871 bits per heavy atom. The minimum Gasteiger partial charge on any atom is -0.343 e. The molecule has 0 saturated heterocycles. The van der Waals surface area contributed by atoms with Crippen molar-refractivity contribution in [2.45, 2.75) is 105 Å². The van der Waals surface area contributed by atoms with Crippen molar-refractivity contribution in [2.24, 2.45) is 17.3 Å². The Morgan fingerprint density at radius 3 is 1.77 bits per heavy atom. The molecule has 4 heteroatoms. The van der Waals surface area contributed by atoms with Gasteiger partial charge in [0.25, 0.3) is 0 Å².